The van der Waals surface area contributed by atoms with Crippen molar-refractivity contribution in [2.75, 3.05) is 0 Å². The zero-order valence-corrected chi connectivity index (χ0v) is 33.4. The molecule has 9 rings (SSSR count). The maximum Gasteiger partial charge on any atom is 0.0737 e. The maximum absolute atomic E-state index is 5.55. The first kappa shape index (κ1) is 35.2. The predicted octanol–water partition coefficient (Wildman–Crippen LogP) is 13.8. The molecule has 0 unspecified atom stereocenters. The smallest absolute Gasteiger partial charge is 0.0737 e. The van der Waals surface area contributed by atoms with Crippen LogP contribution in [0.25, 0.3) is 90.9 Å². The molecule has 2 N–H and O–H groups in total. The van der Waals surface area contributed by atoms with E-state index < -0.39 is 0 Å². The number of rotatable bonds is 4. The van der Waals surface area contributed by atoms with Crippen LogP contribution >= 0.6 is 0 Å². The molecule has 8 bridgehead atoms. The topological polar surface area (TPSA) is 57.4 Å². The van der Waals surface area contributed by atoms with E-state index >= 15 is 0 Å². The molecule has 2 aliphatic rings. The lowest BCUT2D eigenvalue weighted by Crippen LogP contribution is -1.95. The highest BCUT2D eigenvalue weighted by Gasteiger charge is 2.22. The van der Waals surface area contributed by atoms with Crippen molar-refractivity contribution in [2.45, 2.75) is 55.4 Å². The van der Waals surface area contributed by atoms with Crippen molar-refractivity contribution in [1.29, 1.82) is 0 Å². The van der Waals surface area contributed by atoms with Gasteiger partial charge in [0.25, 0.3) is 0 Å². The van der Waals surface area contributed by atoms with Gasteiger partial charge in [0.1, 0.15) is 0 Å². The summed E-state index contributed by atoms with van der Waals surface area (Å²) in [7, 11) is 0. The van der Waals surface area contributed by atoms with Crippen molar-refractivity contribution in [1.82, 2.24) is 19.9 Å². The molecule has 0 radical (unpaired) electrons. The Morgan fingerprint density at radius 2 is 0.625 bits per heavy atom. The largest absolute Gasteiger partial charge is 0.354 e. The predicted molar refractivity (Wildman–Crippen MR) is 238 cm³/mol. The normalized spacial score (nSPS) is 12.1. The Kier molecular flexibility index (Phi) is 8.58. The van der Waals surface area contributed by atoms with E-state index in [0.717, 1.165) is 78.2 Å². The fourth-order valence-electron chi connectivity index (χ4n) is 9.15. The summed E-state index contributed by atoms with van der Waals surface area (Å²) >= 11 is 0. The lowest BCUT2D eigenvalue weighted by Gasteiger charge is -2.14. The number of aryl methyl sites for hydroxylation is 8. The molecule has 56 heavy (non-hydrogen) atoms. The van der Waals surface area contributed by atoms with Gasteiger partial charge in [0.2, 0.25) is 0 Å². The molecule has 5 heterocycles. The van der Waals surface area contributed by atoms with Crippen molar-refractivity contribution < 1.29 is 0 Å². The Morgan fingerprint density at radius 1 is 0.321 bits per heavy atom. The average molecular weight is 727 g/mol. The van der Waals surface area contributed by atoms with E-state index in [1.807, 2.05) is 0 Å². The standard InChI is InChI=1S/C52H46N4/c1-29-25-33(5)47(34(6)26-29)51-43-21-17-39(53-43)49(37-15-11-9-13-31(37)3)41-19-23-45(55-41)52(48-35(7)27-30(2)28-36(48)8)46-24-20-42(56-46)50(40-18-22-44(51)54-40)38-16-12-10-14-32(38)4/h9-28,53,56H,1-8H3. The Balaban J connectivity index is 1.53. The van der Waals surface area contributed by atoms with Gasteiger partial charge in [0.05, 0.1) is 22.8 Å². The molecule has 2 aliphatic heterocycles. The lowest BCUT2D eigenvalue weighted by molar-refractivity contribution is 1.28. The van der Waals surface area contributed by atoms with Crippen LogP contribution in [-0.4, -0.2) is 19.9 Å². The van der Waals surface area contributed by atoms with Gasteiger partial charge in [-0.05, 0) is 160 Å². The Hall–Kier alpha value is -6.52. The summed E-state index contributed by atoms with van der Waals surface area (Å²) in [6.45, 7) is 17.6. The summed E-state index contributed by atoms with van der Waals surface area (Å²) in [5.74, 6) is 0. The monoisotopic (exact) mass is 726 g/mol. The van der Waals surface area contributed by atoms with E-state index in [-0.39, 0.29) is 0 Å². The summed E-state index contributed by atoms with van der Waals surface area (Å²) in [5, 5.41) is 0. The molecule has 3 aromatic heterocycles. The quantitative estimate of drug-likeness (QED) is 0.190. The van der Waals surface area contributed by atoms with Gasteiger partial charge in [-0.2, -0.15) is 0 Å². The number of aromatic nitrogens is 4. The van der Waals surface area contributed by atoms with Gasteiger partial charge in [0.15, 0.2) is 0 Å². The van der Waals surface area contributed by atoms with E-state index in [2.05, 4.69) is 187 Å². The number of H-pyrrole nitrogens is 2. The van der Waals surface area contributed by atoms with Crippen molar-refractivity contribution in [3.8, 4) is 44.5 Å². The highest BCUT2D eigenvalue weighted by molar-refractivity contribution is 6.01. The summed E-state index contributed by atoms with van der Waals surface area (Å²) < 4.78 is 0. The molecule has 0 saturated carbocycles. The number of hydrogen-bond donors (Lipinski definition) is 2. The second-order valence-electron chi connectivity index (χ2n) is 15.7. The van der Waals surface area contributed by atoms with Crippen LogP contribution < -0.4 is 0 Å². The van der Waals surface area contributed by atoms with Gasteiger partial charge >= 0.3 is 0 Å². The molecule has 0 amide bonds. The third-order valence-electron chi connectivity index (χ3n) is 11.4. The Morgan fingerprint density at radius 3 is 0.964 bits per heavy atom. The summed E-state index contributed by atoms with van der Waals surface area (Å²) in [4.78, 5) is 19.0. The fraction of sp³-hybridized carbons (Fsp3) is 0.154. The van der Waals surface area contributed by atoms with Crippen LogP contribution in [-0.2, 0) is 0 Å². The number of nitrogens with zero attached hydrogens (tertiary/aromatic N) is 2. The summed E-state index contributed by atoms with van der Waals surface area (Å²) in [5.41, 5.74) is 26.5. The molecule has 0 aliphatic carbocycles. The molecule has 4 heteroatoms. The highest BCUT2D eigenvalue weighted by atomic mass is 14.8. The van der Waals surface area contributed by atoms with Crippen LogP contribution in [0, 0.1) is 55.4 Å². The van der Waals surface area contributed by atoms with E-state index in [1.165, 1.54) is 55.6 Å². The van der Waals surface area contributed by atoms with Crippen molar-refractivity contribution in [2.24, 2.45) is 0 Å². The van der Waals surface area contributed by atoms with E-state index in [9.17, 15) is 0 Å². The number of fused-ring (bicyclic) bond motifs is 8. The van der Waals surface area contributed by atoms with Gasteiger partial charge in [0, 0.05) is 44.3 Å². The summed E-state index contributed by atoms with van der Waals surface area (Å²) in [6.07, 6.45) is 8.76. The second kappa shape index (κ2) is 13.6. The molecular weight excluding hydrogens is 681 g/mol. The number of benzene rings is 4. The van der Waals surface area contributed by atoms with Crippen LogP contribution in [0.1, 0.15) is 67.3 Å². The van der Waals surface area contributed by atoms with E-state index in [4.69, 9.17) is 9.97 Å². The Labute approximate surface area is 329 Å². The van der Waals surface area contributed by atoms with Crippen LogP contribution in [0.5, 0.6) is 0 Å². The highest BCUT2D eigenvalue weighted by Crippen LogP contribution is 2.41. The van der Waals surface area contributed by atoms with Gasteiger partial charge in [-0.15, -0.1) is 0 Å². The zero-order chi connectivity index (χ0) is 38.8. The Bertz CT molecular complexity index is 2750. The number of nitrogens with one attached hydrogen (secondary N) is 2. The minimum atomic E-state index is 0.923. The first-order valence-electron chi connectivity index (χ1n) is 19.5. The fourth-order valence-corrected chi connectivity index (χ4v) is 9.15. The molecule has 4 nitrogen and oxygen atoms in total. The van der Waals surface area contributed by atoms with Crippen molar-refractivity contribution >= 4 is 46.4 Å². The molecule has 274 valence electrons. The van der Waals surface area contributed by atoms with E-state index in [0.29, 0.717) is 0 Å². The first-order chi connectivity index (χ1) is 27.0. The molecule has 0 spiro atoms. The third kappa shape index (κ3) is 5.93. The number of hydrogen-bond acceptors (Lipinski definition) is 2. The molecule has 4 aromatic carbocycles. The van der Waals surface area contributed by atoms with Crippen LogP contribution in [0.3, 0.4) is 0 Å². The third-order valence-corrected chi connectivity index (χ3v) is 11.4. The van der Waals surface area contributed by atoms with Gasteiger partial charge in [-0.25, -0.2) is 9.97 Å². The van der Waals surface area contributed by atoms with Crippen LogP contribution in [0.4, 0.5) is 0 Å². The minimum absolute atomic E-state index is 0.923. The minimum Gasteiger partial charge on any atom is -0.354 e. The maximum atomic E-state index is 5.55. The molecule has 0 atom stereocenters. The van der Waals surface area contributed by atoms with Gasteiger partial charge in [-0.1, -0.05) is 83.9 Å². The molecule has 7 aromatic rings. The van der Waals surface area contributed by atoms with Crippen molar-refractivity contribution in [3.05, 3.63) is 164 Å². The second-order valence-corrected chi connectivity index (χ2v) is 15.7. The molecule has 0 fully saturated rings. The summed E-state index contributed by atoms with van der Waals surface area (Å²) in [6, 6.07) is 35.2. The zero-order valence-electron chi connectivity index (χ0n) is 33.4. The van der Waals surface area contributed by atoms with Crippen molar-refractivity contribution in [3.63, 3.8) is 0 Å². The average Bonchev–Trinajstić information content (AvgIpc) is 3.99. The lowest BCUT2D eigenvalue weighted by atomic mass is 9.92. The first-order valence-corrected chi connectivity index (χ1v) is 19.5. The van der Waals surface area contributed by atoms with E-state index in [1.54, 1.807) is 0 Å². The number of aromatic amines is 2. The van der Waals surface area contributed by atoms with Gasteiger partial charge in [-0.3, -0.25) is 0 Å². The SMILES string of the molecule is Cc1cc(C)c(-c2c3nc(c(-c4ccccc4C)c4ccc([nH]4)c(-c4c(C)cc(C)cc4C)c4nc(c(-c5ccccc5C)c5ccc2[nH]5)C=C4)C=C3)c(C)c1. The molecular formula is C52H46N4. The van der Waals surface area contributed by atoms with Crippen LogP contribution in [0.15, 0.2) is 97.1 Å². The molecule has 0 saturated heterocycles. The van der Waals surface area contributed by atoms with Gasteiger partial charge < -0.3 is 9.97 Å². The van der Waals surface area contributed by atoms with Crippen LogP contribution in [0.2, 0.25) is 0 Å².